The van der Waals surface area contributed by atoms with E-state index >= 15 is 0 Å². The predicted octanol–water partition coefficient (Wildman–Crippen LogP) is 4.62. The molecule has 0 atom stereocenters. The van der Waals surface area contributed by atoms with Gasteiger partial charge < -0.3 is 9.64 Å². The third kappa shape index (κ3) is 4.44. The average Bonchev–Trinajstić information content (AvgIpc) is 3.39. The highest BCUT2D eigenvalue weighted by Crippen LogP contribution is 2.33. The molecule has 32 heavy (non-hydrogen) atoms. The number of halogens is 1. The zero-order valence-electron chi connectivity index (χ0n) is 18.4. The summed E-state index contributed by atoms with van der Waals surface area (Å²) in [4.78, 5) is 19.5. The van der Waals surface area contributed by atoms with E-state index in [2.05, 4.69) is 10.00 Å². The van der Waals surface area contributed by atoms with Gasteiger partial charge in [0.05, 0.1) is 34.5 Å². The third-order valence-electron chi connectivity index (χ3n) is 6.70. The summed E-state index contributed by atoms with van der Waals surface area (Å²) >= 11 is 7.92. The van der Waals surface area contributed by atoms with Gasteiger partial charge in [0.25, 0.3) is 5.91 Å². The number of carbonyl (C=O) groups excluding carboxylic acids is 1. The number of morpholine rings is 1. The van der Waals surface area contributed by atoms with Crippen molar-refractivity contribution >= 4 is 39.1 Å². The Morgan fingerprint density at radius 3 is 2.69 bits per heavy atom. The summed E-state index contributed by atoms with van der Waals surface area (Å²) in [6, 6.07) is 9.68. The number of aryl methyl sites for hydroxylation is 1. The van der Waals surface area contributed by atoms with Crippen LogP contribution >= 0.6 is 22.9 Å². The maximum absolute atomic E-state index is 13.3. The third-order valence-corrected chi connectivity index (χ3v) is 8.11. The number of carbonyl (C=O) groups is 1. The van der Waals surface area contributed by atoms with Crippen LogP contribution in [-0.2, 0) is 4.74 Å². The molecule has 0 unspecified atom stereocenters. The number of benzene rings is 1. The predicted molar refractivity (Wildman–Crippen MR) is 129 cm³/mol. The molecule has 2 aromatic heterocycles. The van der Waals surface area contributed by atoms with E-state index in [0.717, 1.165) is 85.3 Å². The number of nitrogens with zero attached hydrogens (tertiary/aromatic N) is 4. The zero-order chi connectivity index (χ0) is 22.1. The van der Waals surface area contributed by atoms with Gasteiger partial charge in [0, 0.05) is 31.6 Å². The molecule has 4 heterocycles. The van der Waals surface area contributed by atoms with E-state index in [9.17, 15) is 4.79 Å². The number of ether oxygens (including phenoxy) is 1. The lowest BCUT2D eigenvalue weighted by Gasteiger charge is -2.33. The van der Waals surface area contributed by atoms with E-state index in [-0.39, 0.29) is 5.91 Å². The van der Waals surface area contributed by atoms with Crippen LogP contribution in [0.4, 0.5) is 0 Å². The summed E-state index contributed by atoms with van der Waals surface area (Å²) in [5.74, 6) is 0.850. The number of likely N-dealkylation sites (tertiary alicyclic amines) is 1. The van der Waals surface area contributed by atoms with Crippen LogP contribution in [0.25, 0.3) is 15.9 Å². The molecule has 0 bridgehead atoms. The van der Waals surface area contributed by atoms with Gasteiger partial charge in [0.2, 0.25) is 0 Å². The topological polar surface area (TPSA) is 50.6 Å². The Morgan fingerprint density at radius 2 is 1.94 bits per heavy atom. The zero-order valence-corrected chi connectivity index (χ0v) is 20.0. The highest BCUT2D eigenvalue weighted by Gasteiger charge is 2.26. The van der Waals surface area contributed by atoms with Crippen LogP contribution in [0.1, 0.15) is 34.6 Å². The molecule has 2 fully saturated rings. The fourth-order valence-electron chi connectivity index (χ4n) is 4.71. The first-order chi connectivity index (χ1) is 15.6. The van der Waals surface area contributed by atoms with Gasteiger partial charge in [0.15, 0.2) is 0 Å². The van der Waals surface area contributed by atoms with Crippen molar-refractivity contribution in [1.82, 2.24) is 19.6 Å². The normalized spacial score (nSPS) is 18.5. The SMILES string of the molecule is Cc1nn(-c2ccccc2Cl)c2sc(C(=O)N3CCC(CCN4CCOCC4)CC3)cc12. The van der Waals surface area contributed by atoms with Crippen LogP contribution in [0.3, 0.4) is 0 Å². The molecular formula is C24H29ClN4O2S. The van der Waals surface area contributed by atoms with Gasteiger partial charge in [-0.05, 0) is 56.8 Å². The van der Waals surface area contributed by atoms with Gasteiger partial charge in [-0.1, -0.05) is 23.7 Å². The van der Waals surface area contributed by atoms with Crippen LogP contribution in [0.15, 0.2) is 30.3 Å². The summed E-state index contributed by atoms with van der Waals surface area (Å²) in [6.45, 7) is 8.63. The van der Waals surface area contributed by atoms with E-state index in [1.54, 1.807) is 0 Å². The van der Waals surface area contributed by atoms with Crippen molar-refractivity contribution in [2.75, 3.05) is 45.9 Å². The molecule has 0 radical (unpaired) electrons. The minimum absolute atomic E-state index is 0.142. The summed E-state index contributed by atoms with van der Waals surface area (Å²) in [7, 11) is 0. The molecule has 5 rings (SSSR count). The number of thiophene rings is 1. The highest BCUT2D eigenvalue weighted by atomic mass is 35.5. The van der Waals surface area contributed by atoms with E-state index in [1.165, 1.54) is 17.8 Å². The molecule has 8 heteroatoms. The first kappa shape index (κ1) is 21.9. The van der Waals surface area contributed by atoms with Gasteiger partial charge in [-0.2, -0.15) is 5.10 Å². The van der Waals surface area contributed by atoms with Gasteiger partial charge >= 0.3 is 0 Å². The summed E-state index contributed by atoms with van der Waals surface area (Å²) < 4.78 is 7.31. The molecule has 0 saturated carbocycles. The molecule has 2 aliphatic rings. The lowest BCUT2D eigenvalue weighted by Crippen LogP contribution is -2.40. The van der Waals surface area contributed by atoms with Gasteiger partial charge in [-0.15, -0.1) is 11.3 Å². The number of piperidine rings is 1. The molecule has 2 saturated heterocycles. The number of hydrogen-bond acceptors (Lipinski definition) is 5. The molecule has 170 valence electrons. The largest absolute Gasteiger partial charge is 0.379 e. The molecular weight excluding hydrogens is 444 g/mol. The van der Waals surface area contributed by atoms with Crippen molar-refractivity contribution in [3.8, 4) is 5.69 Å². The number of para-hydroxylation sites is 1. The maximum atomic E-state index is 13.3. The molecule has 1 amide bonds. The first-order valence-electron chi connectivity index (χ1n) is 11.4. The van der Waals surface area contributed by atoms with E-state index in [0.29, 0.717) is 10.9 Å². The quantitative estimate of drug-likeness (QED) is 0.543. The van der Waals surface area contributed by atoms with Crippen molar-refractivity contribution in [3.63, 3.8) is 0 Å². The van der Waals surface area contributed by atoms with Gasteiger partial charge in [-0.25, -0.2) is 4.68 Å². The van der Waals surface area contributed by atoms with Crippen molar-refractivity contribution in [3.05, 3.63) is 45.9 Å². The fraction of sp³-hybridized carbons (Fsp3) is 0.500. The first-order valence-corrected chi connectivity index (χ1v) is 12.6. The second-order valence-corrected chi connectivity index (χ2v) is 10.2. The van der Waals surface area contributed by atoms with E-state index in [4.69, 9.17) is 16.3 Å². The van der Waals surface area contributed by atoms with Crippen LogP contribution in [0, 0.1) is 12.8 Å². The van der Waals surface area contributed by atoms with Crippen molar-refractivity contribution in [2.45, 2.75) is 26.2 Å². The molecule has 0 spiro atoms. The van der Waals surface area contributed by atoms with Crippen molar-refractivity contribution < 1.29 is 9.53 Å². The van der Waals surface area contributed by atoms with Crippen LogP contribution in [0.2, 0.25) is 5.02 Å². The standard InChI is InChI=1S/C24H29ClN4O2S/c1-17-19-16-22(32-24(19)29(26-17)21-5-3-2-4-20(21)25)23(30)28-10-7-18(8-11-28)6-9-27-12-14-31-15-13-27/h2-5,16,18H,6-15H2,1H3. The van der Waals surface area contributed by atoms with E-state index < -0.39 is 0 Å². The Bertz CT molecular complexity index is 1100. The summed E-state index contributed by atoms with van der Waals surface area (Å²) in [5.41, 5.74) is 1.76. The summed E-state index contributed by atoms with van der Waals surface area (Å²) in [6.07, 6.45) is 3.40. The van der Waals surface area contributed by atoms with Crippen molar-refractivity contribution in [2.24, 2.45) is 5.92 Å². The Labute approximate surface area is 197 Å². The Kier molecular flexibility index (Phi) is 6.51. The smallest absolute Gasteiger partial charge is 0.264 e. The number of amides is 1. The highest BCUT2D eigenvalue weighted by molar-refractivity contribution is 7.20. The van der Waals surface area contributed by atoms with Crippen molar-refractivity contribution in [1.29, 1.82) is 0 Å². The minimum Gasteiger partial charge on any atom is -0.379 e. The number of hydrogen-bond donors (Lipinski definition) is 0. The Balaban J connectivity index is 1.25. The molecule has 1 aromatic carbocycles. The maximum Gasteiger partial charge on any atom is 0.264 e. The number of fused-ring (bicyclic) bond motifs is 1. The minimum atomic E-state index is 0.142. The molecule has 0 N–H and O–H groups in total. The number of rotatable bonds is 5. The second-order valence-electron chi connectivity index (χ2n) is 8.76. The van der Waals surface area contributed by atoms with Gasteiger partial charge in [0.1, 0.15) is 4.83 Å². The molecule has 6 nitrogen and oxygen atoms in total. The lowest BCUT2D eigenvalue weighted by atomic mass is 9.93. The van der Waals surface area contributed by atoms with Crippen LogP contribution in [0.5, 0.6) is 0 Å². The van der Waals surface area contributed by atoms with Crippen LogP contribution < -0.4 is 0 Å². The Morgan fingerprint density at radius 1 is 1.19 bits per heavy atom. The Hall–Kier alpha value is -1.93. The van der Waals surface area contributed by atoms with Crippen LogP contribution in [-0.4, -0.2) is 71.4 Å². The lowest BCUT2D eigenvalue weighted by molar-refractivity contribution is 0.0332. The average molecular weight is 473 g/mol. The summed E-state index contributed by atoms with van der Waals surface area (Å²) in [5, 5.41) is 6.35. The van der Waals surface area contributed by atoms with E-state index in [1.807, 2.05) is 46.8 Å². The molecule has 2 aliphatic heterocycles. The fourth-order valence-corrected chi connectivity index (χ4v) is 6.07. The molecule has 3 aromatic rings. The molecule has 0 aliphatic carbocycles. The monoisotopic (exact) mass is 472 g/mol. The number of aromatic nitrogens is 2. The van der Waals surface area contributed by atoms with Gasteiger partial charge in [-0.3, -0.25) is 9.69 Å². The second kappa shape index (κ2) is 9.51.